The average molecular weight is 330 g/mol. The van der Waals surface area contributed by atoms with Gasteiger partial charge >= 0.3 is 0 Å². The molecule has 116 valence electrons. The molecule has 0 amide bonds. The van der Waals surface area contributed by atoms with Gasteiger partial charge in [-0.25, -0.2) is 13.1 Å². The molecule has 1 aromatic rings. The highest BCUT2D eigenvalue weighted by atomic mass is 35.5. The number of hydrogen-bond donors (Lipinski definition) is 2. The summed E-state index contributed by atoms with van der Waals surface area (Å²) in [6, 6.07) is 8.88. The highest BCUT2D eigenvalue weighted by molar-refractivity contribution is 7.88. The van der Waals surface area contributed by atoms with Gasteiger partial charge in [0.25, 0.3) is 0 Å². The monoisotopic (exact) mass is 329 g/mol. The van der Waals surface area contributed by atoms with E-state index >= 15 is 0 Å². The summed E-state index contributed by atoms with van der Waals surface area (Å²) in [6.07, 6.45) is 3.30. The lowest BCUT2D eigenvalue weighted by atomic mass is 9.93. The predicted molar refractivity (Wildman–Crippen MR) is 84.4 cm³/mol. The minimum absolute atomic E-state index is 0. The summed E-state index contributed by atoms with van der Waals surface area (Å²) in [6.45, 7) is 0. The van der Waals surface area contributed by atoms with Gasteiger partial charge in [0.15, 0.2) is 0 Å². The molecule has 21 heavy (non-hydrogen) atoms. The highest BCUT2D eigenvalue weighted by Crippen LogP contribution is 2.18. The maximum atomic E-state index is 12.1. The molecule has 3 N–H and O–H groups in total. The maximum absolute atomic E-state index is 12.1. The van der Waals surface area contributed by atoms with Crippen LogP contribution in [0.4, 0.5) is 0 Å². The third-order valence-corrected chi connectivity index (χ3v) is 4.94. The van der Waals surface area contributed by atoms with Gasteiger partial charge in [-0.3, -0.25) is 0 Å². The number of nitriles is 1. The van der Waals surface area contributed by atoms with Gasteiger partial charge in [-0.15, -0.1) is 12.4 Å². The number of halogens is 1. The van der Waals surface area contributed by atoms with Crippen molar-refractivity contribution < 1.29 is 8.42 Å². The number of benzene rings is 1. The summed E-state index contributed by atoms with van der Waals surface area (Å²) in [5.41, 5.74) is 6.91. The molecule has 0 unspecified atom stereocenters. The van der Waals surface area contributed by atoms with E-state index in [0.717, 1.165) is 25.7 Å². The lowest BCUT2D eigenvalue weighted by Crippen LogP contribution is -2.40. The topological polar surface area (TPSA) is 96.0 Å². The van der Waals surface area contributed by atoms with Crippen molar-refractivity contribution in [2.24, 2.45) is 5.73 Å². The summed E-state index contributed by atoms with van der Waals surface area (Å²) in [5.74, 6) is -0.0922. The first-order chi connectivity index (χ1) is 9.48. The number of nitrogens with zero attached hydrogens (tertiary/aromatic N) is 1. The lowest BCUT2D eigenvalue weighted by molar-refractivity contribution is 0.373. The molecule has 0 radical (unpaired) electrons. The fraction of sp³-hybridized carbons (Fsp3) is 0.500. The van der Waals surface area contributed by atoms with Gasteiger partial charge in [0.1, 0.15) is 0 Å². The second-order valence-electron chi connectivity index (χ2n) is 5.30. The first kappa shape index (κ1) is 17.9. The van der Waals surface area contributed by atoms with Crippen molar-refractivity contribution in [3.05, 3.63) is 35.4 Å². The number of hydrogen-bond acceptors (Lipinski definition) is 4. The van der Waals surface area contributed by atoms with Crippen molar-refractivity contribution in [3.8, 4) is 6.07 Å². The Bertz CT molecular complexity index is 605. The van der Waals surface area contributed by atoms with Crippen LogP contribution in [0.5, 0.6) is 0 Å². The van der Waals surface area contributed by atoms with Crippen molar-refractivity contribution in [2.45, 2.75) is 43.5 Å². The molecule has 7 heteroatoms. The Labute approximate surface area is 132 Å². The van der Waals surface area contributed by atoms with Gasteiger partial charge in [-0.2, -0.15) is 5.26 Å². The van der Waals surface area contributed by atoms with Crippen molar-refractivity contribution in [1.82, 2.24) is 4.72 Å². The zero-order chi connectivity index (χ0) is 14.6. The van der Waals surface area contributed by atoms with E-state index in [2.05, 4.69) is 4.72 Å². The predicted octanol–water partition coefficient (Wildman–Crippen LogP) is 1.67. The lowest BCUT2D eigenvalue weighted by Gasteiger charge is -2.26. The van der Waals surface area contributed by atoms with Crippen LogP contribution in [-0.4, -0.2) is 20.5 Å². The molecule has 1 aliphatic carbocycles. The first-order valence-electron chi connectivity index (χ1n) is 6.73. The van der Waals surface area contributed by atoms with Crippen LogP contribution >= 0.6 is 12.4 Å². The smallest absolute Gasteiger partial charge is 0.216 e. The third kappa shape index (κ3) is 5.64. The number of nitrogens with one attached hydrogen (secondary N) is 1. The molecule has 0 aromatic heterocycles. The van der Waals surface area contributed by atoms with Crippen LogP contribution in [0.2, 0.25) is 0 Å². The second-order valence-corrected chi connectivity index (χ2v) is 7.05. The summed E-state index contributed by atoms with van der Waals surface area (Å²) in [5, 5.41) is 8.82. The molecule has 0 heterocycles. The van der Waals surface area contributed by atoms with E-state index in [4.69, 9.17) is 11.0 Å². The number of nitrogens with two attached hydrogens (primary N) is 1. The fourth-order valence-electron chi connectivity index (χ4n) is 2.48. The van der Waals surface area contributed by atoms with E-state index in [0.29, 0.717) is 11.1 Å². The third-order valence-electron chi connectivity index (χ3n) is 3.53. The molecule has 1 aliphatic rings. The molecule has 1 aromatic carbocycles. The summed E-state index contributed by atoms with van der Waals surface area (Å²) >= 11 is 0. The van der Waals surface area contributed by atoms with Gasteiger partial charge in [0.2, 0.25) is 10.0 Å². The molecule has 5 nitrogen and oxygen atoms in total. The van der Waals surface area contributed by atoms with Crippen LogP contribution in [-0.2, 0) is 15.8 Å². The normalized spacial score (nSPS) is 22.1. The minimum Gasteiger partial charge on any atom is -0.328 e. The van der Waals surface area contributed by atoms with Crippen molar-refractivity contribution in [3.63, 3.8) is 0 Å². The van der Waals surface area contributed by atoms with Crippen molar-refractivity contribution >= 4 is 22.4 Å². The van der Waals surface area contributed by atoms with Gasteiger partial charge in [-0.1, -0.05) is 12.1 Å². The molecule has 0 spiro atoms. The summed E-state index contributed by atoms with van der Waals surface area (Å²) < 4.78 is 27.0. The average Bonchev–Trinajstić information content (AvgIpc) is 2.41. The van der Waals surface area contributed by atoms with Crippen LogP contribution in [0.25, 0.3) is 0 Å². The Morgan fingerprint density at radius 3 is 2.57 bits per heavy atom. The van der Waals surface area contributed by atoms with Crippen LogP contribution in [0.3, 0.4) is 0 Å². The molecule has 2 rings (SSSR count). The van der Waals surface area contributed by atoms with Crippen LogP contribution in [0.15, 0.2) is 24.3 Å². The Kier molecular flexibility index (Phi) is 6.62. The van der Waals surface area contributed by atoms with E-state index in [1.54, 1.807) is 24.3 Å². The van der Waals surface area contributed by atoms with E-state index in [-0.39, 0.29) is 30.2 Å². The molecule has 0 saturated heterocycles. The Morgan fingerprint density at radius 1 is 1.29 bits per heavy atom. The van der Waals surface area contributed by atoms with Gasteiger partial charge in [0.05, 0.1) is 17.4 Å². The molecule has 0 aliphatic heterocycles. The standard InChI is InChI=1S/C14H19N3O2S.ClH/c15-9-11-2-1-3-12(8-11)10-20(18,19)17-14-6-4-13(16)5-7-14;/h1-3,8,13-14,17H,4-7,10,16H2;1H. The van der Waals surface area contributed by atoms with E-state index in [9.17, 15) is 8.42 Å². The molecule has 1 fully saturated rings. The number of rotatable bonds is 4. The minimum atomic E-state index is -3.38. The molecule has 0 atom stereocenters. The quantitative estimate of drug-likeness (QED) is 0.878. The fourth-order valence-corrected chi connectivity index (χ4v) is 3.93. The summed E-state index contributed by atoms with van der Waals surface area (Å²) in [4.78, 5) is 0. The molecular weight excluding hydrogens is 310 g/mol. The highest BCUT2D eigenvalue weighted by Gasteiger charge is 2.23. The van der Waals surface area contributed by atoms with Gasteiger partial charge in [0, 0.05) is 12.1 Å². The SMILES string of the molecule is Cl.N#Cc1cccc(CS(=O)(=O)NC2CCC(N)CC2)c1. The summed E-state index contributed by atoms with van der Waals surface area (Å²) in [7, 11) is -3.38. The van der Waals surface area contributed by atoms with Gasteiger partial charge < -0.3 is 5.73 Å². The van der Waals surface area contributed by atoms with Gasteiger partial charge in [-0.05, 0) is 43.4 Å². The van der Waals surface area contributed by atoms with E-state index in [1.165, 1.54) is 0 Å². The molecule has 1 saturated carbocycles. The first-order valence-corrected chi connectivity index (χ1v) is 8.38. The molecule has 0 bridgehead atoms. The maximum Gasteiger partial charge on any atom is 0.216 e. The zero-order valence-corrected chi connectivity index (χ0v) is 13.3. The van der Waals surface area contributed by atoms with Crippen molar-refractivity contribution in [1.29, 1.82) is 5.26 Å². The Balaban J connectivity index is 0.00000220. The van der Waals surface area contributed by atoms with Crippen LogP contribution < -0.4 is 10.5 Å². The van der Waals surface area contributed by atoms with Crippen LogP contribution in [0, 0.1) is 11.3 Å². The second kappa shape index (κ2) is 7.76. The zero-order valence-electron chi connectivity index (χ0n) is 11.7. The Hall–Kier alpha value is -1.13. The van der Waals surface area contributed by atoms with Crippen molar-refractivity contribution in [2.75, 3.05) is 0 Å². The van der Waals surface area contributed by atoms with E-state index < -0.39 is 10.0 Å². The molecular formula is C14H20ClN3O2S. The van der Waals surface area contributed by atoms with Crippen LogP contribution in [0.1, 0.15) is 36.8 Å². The largest absolute Gasteiger partial charge is 0.328 e. The van der Waals surface area contributed by atoms with E-state index in [1.807, 2.05) is 6.07 Å². The number of sulfonamides is 1. The Morgan fingerprint density at radius 2 is 1.95 bits per heavy atom.